The lowest BCUT2D eigenvalue weighted by molar-refractivity contribution is 0.408. The van der Waals surface area contributed by atoms with Crippen molar-refractivity contribution in [2.24, 2.45) is 0 Å². The van der Waals surface area contributed by atoms with Gasteiger partial charge in [-0.05, 0) is 24.1 Å². The lowest BCUT2D eigenvalue weighted by Gasteiger charge is -2.19. The summed E-state index contributed by atoms with van der Waals surface area (Å²) in [7, 11) is 1.72. The van der Waals surface area contributed by atoms with Crippen LogP contribution < -0.4 is 10.1 Å². The number of nitrogens with one attached hydrogen (secondary N) is 1. The minimum atomic E-state index is 0.101. The minimum absolute atomic E-state index is 0.101. The van der Waals surface area contributed by atoms with Crippen molar-refractivity contribution in [3.8, 4) is 5.75 Å². The fourth-order valence-electron chi connectivity index (χ4n) is 2.60. The highest BCUT2D eigenvalue weighted by Crippen LogP contribution is 2.36. The number of nitrogens with zero attached hydrogens (tertiary/aromatic N) is 1. The monoisotopic (exact) mass is 298 g/mol. The summed E-state index contributed by atoms with van der Waals surface area (Å²) in [6.45, 7) is 3.00. The zero-order chi connectivity index (χ0) is 14.7. The van der Waals surface area contributed by atoms with Crippen LogP contribution in [0.15, 0.2) is 48.0 Å². The number of hydrogen-bond acceptors (Lipinski definition) is 4. The van der Waals surface area contributed by atoms with Crippen molar-refractivity contribution >= 4 is 22.2 Å². The molecule has 0 saturated carbocycles. The molecule has 1 aromatic carbocycles. The van der Waals surface area contributed by atoms with E-state index in [1.165, 1.54) is 10.4 Å². The van der Waals surface area contributed by atoms with Gasteiger partial charge in [0.2, 0.25) is 0 Å². The fraction of sp³-hybridized carbons (Fsp3) is 0.235. The normalized spacial score (nSPS) is 12.5. The molecule has 0 spiro atoms. The van der Waals surface area contributed by atoms with Crippen LogP contribution in [0.25, 0.3) is 10.9 Å². The summed E-state index contributed by atoms with van der Waals surface area (Å²) in [5, 5.41) is 6.79. The molecule has 3 aromatic rings. The average molecular weight is 298 g/mol. The SMILES string of the molecule is CCNC(c1sccc1OC)c1cccc2cccnc12. The van der Waals surface area contributed by atoms with Gasteiger partial charge in [-0.25, -0.2) is 0 Å². The van der Waals surface area contributed by atoms with Crippen LogP contribution in [0.3, 0.4) is 0 Å². The fourth-order valence-corrected chi connectivity index (χ4v) is 3.55. The molecule has 21 heavy (non-hydrogen) atoms. The Morgan fingerprint density at radius 1 is 1.24 bits per heavy atom. The van der Waals surface area contributed by atoms with Crippen molar-refractivity contribution in [1.82, 2.24) is 10.3 Å². The molecule has 3 rings (SSSR count). The molecule has 4 heteroatoms. The highest BCUT2D eigenvalue weighted by molar-refractivity contribution is 7.10. The van der Waals surface area contributed by atoms with Gasteiger partial charge >= 0.3 is 0 Å². The molecule has 108 valence electrons. The molecule has 0 aliphatic carbocycles. The number of methoxy groups -OCH3 is 1. The van der Waals surface area contributed by atoms with Gasteiger partial charge in [0, 0.05) is 17.1 Å². The number of ether oxygens (including phenoxy) is 1. The molecule has 1 unspecified atom stereocenters. The third-order valence-electron chi connectivity index (χ3n) is 3.52. The van der Waals surface area contributed by atoms with Crippen molar-refractivity contribution in [1.29, 1.82) is 0 Å². The van der Waals surface area contributed by atoms with E-state index in [2.05, 4.69) is 46.9 Å². The van der Waals surface area contributed by atoms with Crippen LogP contribution in [0.5, 0.6) is 5.75 Å². The van der Waals surface area contributed by atoms with Gasteiger partial charge in [-0.2, -0.15) is 0 Å². The number of para-hydroxylation sites is 1. The van der Waals surface area contributed by atoms with Crippen molar-refractivity contribution in [2.75, 3.05) is 13.7 Å². The standard InChI is InChI=1S/C17H18N2OS/c1-3-18-16(17-14(20-2)9-11-21-17)13-8-4-6-12-7-5-10-19-15(12)13/h4-11,16,18H,3H2,1-2H3. The van der Waals surface area contributed by atoms with E-state index in [-0.39, 0.29) is 6.04 Å². The van der Waals surface area contributed by atoms with Gasteiger partial charge in [0.1, 0.15) is 5.75 Å². The Hall–Kier alpha value is -1.91. The first-order chi connectivity index (χ1) is 10.3. The van der Waals surface area contributed by atoms with Gasteiger partial charge in [-0.15, -0.1) is 11.3 Å². The molecule has 0 radical (unpaired) electrons. The largest absolute Gasteiger partial charge is 0.496 e. The zero-order valence-corrected chi connectivity index (χ0v) is 13.0. The third kappa shape index (κ3) is 2.64. The summed E-state index contributed by atoms with van der Waals surface area (Å²) in [5.41, 5.74) is 2.23. The van der Waals surface area contributed by atoms with E-state index in [1.54, 1.807) is 18.4 Å². The second-order valence-electron chi connectivity index (χ2n) is 4.77. The van der Waals surface area contributed by atoms with Gasteiger partial charge in [0.15, 0.2) is 0 Å². The molecule has 0 fully saturated rings. The number of fused-ring (bicyclic) bond motifs is 1. The number of rotatable bonds is 5. The van der Waals surface area contributed by atoms with Crippen LogP contribution in [0.1, 0.15) is 23.4 Å². The summed E-state index contributed by atoms with van der Waals surface area (Å²) in [4.78, 5) is 5.77. The Morgan fingerprint density at radius 3 is 2.90 bits per heavy atom. The van der Waals surface area contributed by atoms with Gasteiger partial charge < -0.3 is 10.1 Å². The highest BCUT2D eigenvalue weighted by atomic mass is 32.1. The van der Waals surface area contributed by atoms with Crippen molar-refractivity contribution in [3.63, 3.8) is 0 Å². The maximum atomic E-state index is 5.50. The van der Waals surface area contributed by atoms with Gasteiger partial charge in [0.05, 0.1) is 23.5 Å². The molecule has 2 heterocycles. The molecule has 0 saturated heterocycles. The molecule has 0 amide bonds. The summed E-state index contributed by atoms with van der Waals surface area (Å²) in [5.74, 6) is 0.930. The van der Waals surface area contributed by atoms with E-state index in [1.807, 2.05) is 18.3 Å². The van der Waals surface area contributed by atoms with Crippen molar-refractivity contribution in [3.05, 3.63) is 58.4 Å². The van der Waals surface area contributed by atoms with Crippen molar-refractivity contribution < 1.29 is 4.74 Å². The number of thiophene rings is 1. The summed E-state index contributed by atoms with van der Waals surface area (Å²) in [6.07, 6.45) is 1.85. The molecule has 2 aromatic heterocycles. The van der Waals surface area contributed by atoms with E-state index in [0.717, 1.165) is 23.2 Å². The maximum Gasteiger partial charge on any atom is 0.134 e. The molecule has 1 N–H and O–H groups in total. The van der Waals surface area contributed by atoms with Crippen molar-refractivity contribution in [2.45, 2.75) is 13.0 Å². The second kappa shape index (κ2) is 6.24. The van der Waals surface area contributed by atoms with E-state index in [9.17, 15) is 0 Å². The molecule has 0 aliphatic heterocycles. The average Bonchev–Trinajstić information content (AvgIpc) is 3.00. The Labute approximate surface area is 128 Å². The smallest absolute Gasteiger partial charge is 0.134 e. The third-order valence-corrected chi connectivity index (χ3v) is 4.49. The summed E-state index contributed by atoms with van der Waals surface area (Å²) in [6, 6.07) is 12.5. The molecular formula is C17H18N2OS. The van der Waals surface area contributed by atoms with Crippen LogP contribution in [0, 0.1) is 0 Å². The predicted octanol–water partition coefficient (Wildman–Crippen LogP) is 4.00. The number of aromatic nitrogens is 1. The number of pyridine rings is 1. The van der Waals surface area contributed by atoms with E-state index in [0.29, 0.717) is 0 Å². The lowest BCUT2D eigenvalue weighted by Crippen LogP contribution is -2.22. The number of benzene rings is 1. The lowest BCUT2D eigenvalue weighted by atomic mass is 10.0. The van der Waals surface area contributed by atoms with Crippen LogP contribution in [-0.4, -0.2) is 18.6 Å². The molecule has 1 atom stereocenters. The topological polar surface area (TPSA) is 34.1 Å². The first-order valence-electron chi connectivity index (χ1n) is 7.03. The first-order valence-corrected chi connectivity index (χ1v) is 7.91. The Morgan fingerprint density at radius 2 is 2.10 bits per heavy atom. The van der Waals surface area contributed by atoms with E-state index in [4.69, 9.17) is 4.74 Å². The molecular weight excluding hydrogens is 280 g/mol. The molecule has 0 bridgehead atoms. The predicted molar refractivity (Wildman–Crippen MR) is 88.1 cm³/mol. The Kier molecular flexibility index (Phi) is 4.18. The van der Waals surface area contributed by atoms with E-state index >= 15 is 0 Å². The zero-order valence-electron chi connectivity index (χ0n) is 12.2. The van der Waals surface area contributed by atoms with Gasteiger partial charge in [-0.3, -0.25) is 4.98 Å². The van der Waals surface area contributed by atoms with Crippen LogP contribution in [0.4, 0.5) is 0 Å². The summed E-state index contributed by atoms with van der Waals surface area (Å²) >= 11 is 1.71. The molecule has 0 aliphatic rings. The van der Waals surface area contributed by atoms with Crippen LogP contribution in [-0.2, 0) is 0 Å². The quantitative estimate of drug-likeness (QED) is 0.773. The minimum Gasteiger partial charge on any atom is -0.496 e. The second-order valence-corrected chi connectivity index (χ2v) is 5.71. The van der Waals surface area contributed by atoms with Crippen LogP contribution in [0.2, 0.25) is 0 Å². The van der Waals surface area contributed by atoms with Gasteiger partial charge in [0.25, 0.3) is 0 Å². The molecule has 3 nitrogen and oxygen atoms in total. The highest BCUT2D eigenvalue weighted by Gasteiger charge is 2.21. The van der Waals surface area contributed by atoms with Gasteiger partial charge in [-0.1, -0.05) is 31.2 Å². The number of hydrogen-bond donors (Lipinski definition) is 1. The van der Waals surface area contributed by atoms with Crippen LogP contribution >= 0.6 is 11.3 Å². The Bertz CT molecular complexity index is 733. The van der Waals surface area contributed by atoms with E-state index < -0.39 is 0 Å². The first kappa shape index (κ1) is 14.0. The summed E-state index contributed by atoms with van der Waals surface area (Å²) < 4.78 is 5.50. The maximum absolute atomic E-state index is 5.50. The Balaban J connectivity index is 2.16.